The third kappa shape index (κ3) is 4.70. The van der Waals surface area contributed by atoms with Crippen LogP contribution in [0.5, 0.6) is 0 Å². The summed E-state index contributed by atoms with van der Waals surface area (Å²) in [6, 6.07) is 9.68. The number of nitrogens with zero attached hydrogens (tertiary/aromatic N) is 3. The number of nitrogens with one attached hydrogen (secondary N) is 3. The predicted molar refractivity (Wildman–Crippen MR) is 119 cm³/mol. The summed E-state index contributed by atoms with van der Waals surface area (Å²) in [6.07, 6.45) is 1.62. The number of carbonyl (C=O) groups excluding carboxylic acids is 1. The predicted octanol–water partition coefficient (Wildman–Crippen LogP) is 3.74. The van der Waals surface area contributed by atoms with Crippen molar-refractivity contribution in [2.24, 2.45) is 0 Å². The largest absolute Gasteiger partial charge is 0.378 e. The number of aromatic nitrogens is 2. The van der Waals surface area contributed by atoms with Gasteiger partial charge in [-0.3, -0.25) is 10.0 Å². The second kappa shape index (κ2) is 9.39. The number of anilines is 5. The van der Waals surface area contributed by atoms with Gasteiger partial charge in [-0.2, -0.15) is 4.98 Å². The molecule has 4 rings (SSSR count). The van der Waals surface area contributed by atoms with E-state index in [4.69, 9.17) is 9.94 Å². The van der Waals surface area contributed by atoms with Crippen LogP contribution in [0, 0.1) is 0 Å². The molecule has 0 radical (unpaired) electrons. The van der Waals surface area contributed by atoms with Gasteiger partial charge in [0.25, 0.3) is 5.91 Å². The lowest BCUT2D eigenvalue weighted by molar-refractivity contribution is 0.0707. The minimum Gasteiger partial charge on any atom is -0.378 e. The number of amides is 1. The third-order valence-corrected chi connectivity index (χ3v) is 5.90. The molecule has 9 nitrogen and oxygen atoms in total. The molecule has 0 aliphatic carbocycles. The number of hydroxylamine groups is 1. The SMILES string of the molecule is O=C(NO)c1ccsc1Nc1nc(Nc2ccc(N3CCOCC3)cc2)ncc1Br. The van der Waals surface area contributed by atoms with E-state index in [2.05, 4.69) is 53.6 Å². The number of thiophene rings is 1. The van der Waals surface area contributed by atoms with Gasteiger partial charge in [0.1, 0.15) is 5.00 Å². The van der Waals surface area contributed by atoms with E-state index < -0.39 is 5.91 Å². The van der Waals surface area contributed by atoms with Gasteiger partial charge >= 0.3 is 0 Å². The smallest absolute Gasteiger partial charge is 0.277 e. The van der Waals surface area contributed by atoms with Crippen LogP contribution in [0.1, 0.15) is 10.4 Å². The molecule has 1 amide bonds. The Labute approximate surface area is 185 Å². The van der Waals surface area contributed by atoms with E-state index >= 15 is 0 Å². The molecule has 4 N–H and O–H groups in total. The normalized spacial score (nSPS) is 13.7. The van der Waals surface area contributed by atoms with Gasteiger partial charge in [-0.05, 0) is 51.6 Å². The van der Waals surface area contributed by atoms with Crippen molar-refractivity contribution in [1.82, 2.24) is 15.4 Å². The molecule has 0 spiro atoms. The lowest BCUT2D eigenvalue weighted by atomic mass is 10.2. The molecule has 1 aromatic carbocycles. The average molecular weight is 491 g/mol. The van der Waals surface area contributed by atoms with E-state index in [1.807, 2.05) is 12.1 Å². The lowest BCUT2D eigenvalue weighted by Crippen LogP contribution is -2.36. The van der Waals surface area contributed by atoms with Gasteiger partial charge in [0.2, 0.25) is 5.95 Å². The van der Waals surface area contributed by atoms with Crippen LogP contribution in [-0.4, -0.2) is 47.4 Å². The molecule has 0 bridgehead atoms. The molecule has 2 aromatic heterocycles. The molecule has 0 atom stereocenters. The maximum Gasteiger partial charge on any atom is 0.277 e. The molecule has 3 heterocycles. The van der Waals surface area contributed by atoms with Gasteiger partial charge < -0.3 is 20.3 Å². The summed E-state index contributed by atoms with van der Waals surface area (Å²) in [5.41, 5.74) is 3.97. The van der Waals surface area contributed by atoms with Gasteiger partial charge in [0, 0.05) is 30.7 Å². The Bertz CT molecular complexity index is 1020. The van der Waals surface area contributed by atoms with Crippen molar-refractivity contribution < 1.29 is 14.7 Å². The molecule has 1 saturated heterocycles. The monoisotopic (exact) mass is 490 g/mol. The Kier molecular flexibility index (Phi) is 6.43. The minimum atomic E-state index is -0.595. The zero-order valence-corrected chi connectivity index (χ0v) is 18.2. The number of benzene rings is 1. The van der Waals surface area contributed by atoms with Gasteiger partial charge in [-0.1, -0.05) is 0 Å². The van der Waals surface area contributed by atoms with Gasteiger partial charge in [-0.15, -0.1) is 11.3 Å². The molecular weight excluding hydrogens is 472 g/mol. The van der Waals surface area contributed by atoms with Crippen LogP contribution in [0.4, 0.5) is 28.1 Å². The quantitative estimate of drug-likeness (QED) is 0.305. The van der Waals surface area contributed by atoms with Crippen LogP contribution >= 0.6 is 27.3 Å². The summed E-state index contributed by atoms with van der Waals surface area (Å²) in [4.78, 5) is 22.8. The first-order valence-electron chi connectivity index (χ1n) is 9.15. The van der Waals surface area contributed by atoms with E-state index in [0.717, 1.165) is 37.7 Å². The topological polar surface area (TPSA) is 112 Å². The molecule has 30 heavy (non-hydrogen) atoms. The molecule has 11 heteroatoms. The Balaban J connectivity index is 1.48. The molecule has 156 valence electrons. The van der Waals surface area contributed by atoms with Gasteiger partial charge in [0.05, 0.1) is 23.2 Å². The molecule has 1 aliphatic heterocycles. The fourth-order valence-corrected chi connectivity index (χ4v) is 4.05. The number of morpholine rings is 1. The summed E-state index contributed by atoms with van der Waals surface area (Å²) in [7, 11) is 0. The number of carbonyl (C=O) groups is 1. The van der Waals surface area contributed by atoms with E-state index in [1.165, 1.54) is 11.3 Å². The molecule has 1 aliphatic rings. The Morgan fingerprint density at radius 3 is 2.67 bits per heavy atom. The second-order valence-electron chi connectivity index (χ2n) is 6.39. The van der Waals surface area contributed by atoms with Gasteiger partial charge in [0.15, 0.2) is 5.82 Å². The summed E-state index contributed by atoms with van der Waals surface area (Å²) in [5, 5.41) is 17.5. The molecule has 0 unspecified atom stereocenters. The maximum atomic E-state index is 11.8. The van der Waals surface area contributed by atoms with Crippen LogP contribution in [0.2, 0.25) is 0 Å². The van der Waals surface area contributed by atoms with Crippen molar-refractivity contribution in [3.05, 3.63) is 51.9 Å². The molecule has 3 aromatic rings. The zero-order valence-electron chi connectivity index (χ0n) is 15.8. The highest BCUT2D eigenvalue weighted by Crippen LogP contribution is 2.30. The average Bonchev–Trinajstić information content (AvgIpc) is 3.25. The highest BCUT2D eigenvalue weighted by molar-refractivity contribution is 9.10. The Hall–Kier alpha value is -2.73. The minimum absolute atomic E-state index is 0.321. The van der Waals surface area contributed by atoms with Crippen LogP contribution in [-0.2, 0) is 4.74 Å². The number of hydrogen-bond donors (Lipinski definition) is 4. The van der Waals surface area contributed by atoms with Gasteiger partial charge in [-0.25, -0.2) is 10.5 Å². The van der Waals surface area contributed by atoms with Crippen molar-refractivity contribution in [1.29, 1.82) is 0 Å². The fraction of sp³-hybridized carbons (Fsp3) is 0.211. The van der Waals surface area contributed by atoms with E-state index in [-0.39, 0.29) is 0 Å². The van der Waals surface area contributed by atoms with Crippen molar-refractivity contribution in [2.45, 2.75) is 0 Å². The van der Waals surface area contributed by atoms with Crippen LogP contribution < -0.4 is 21.0 Å². The fourth-order valence-electron chi connectivity index (χ4n) is 2.97. The summed E-state index contributed by atoms with van der Waals surface area (Å²) >= 11 is 4.74. The van der Waals surface area contributed by atoms with E-state index in [1.54, 1.807) is 23.1 Å². The van der Waals surface area contributed by atoms with Crippen LogP contribution in [0.25, 0.3) is 0 Å². The maximum absolute atomic E-state index is 11.8. The summed E-state index contributed by atoms with van der Waals surface area (Å²) < 4.78 is 6.03. The standard InChI is InChI=1S/C19H19BrN6O3S/c20-15-11-21-19(24-16(15)23-18-14(5-10-30-18)17(27)25-28)22-12-1-3-13(4-2-12)26-6-8-29-9-7-26/h1-5,10-11,28H,6-9H2,(H,25,27)(H2,21,22,23,24). The number of hydrogen-bond acceptors (Lipinski definition) is 9. The first-order chi connectivity index (χ1) is 14.6. The Morgan fingerprint density at radius 1 is 1.17 bits per heavy atom. The van der Waals surface area contributed by atoms with E-state index in [9.17, 15) is 4.79 Å². The lowest BCUT2D eigenvalue weighted by Gasteiger charge is -2.28. The third-order valence-electron chi connectivity index (χ3n) is 4.49. The molecule has 1 fully saturated rings. The number of rotatable bonds is 6. The van der Waals surface area contributed by atoms with Crippen molar-refractivity contribution in [3.8, 4) is 0 Å². The zero-order chi connectivity index (χ0) is 20.9. The van der Waals surface area contributed by atoms with Crippen LogP contribution in [0.3, 0.4) is 0 Å². The van der Waals surface area contributed by atoms with Crippen LogP contribution in [0.15, 0.2) is 46.4 Å². The number of halogens is 1. The first kappa shape index (κ1) is 20.5. The second-order valence-corrected chi connectivity index (χ2v) is 8.16. The molecular formula is C19H19BrN6O3S. The molecule has 0 saturated carbocycles. The highest BCUT2D eigenvalue weighted by Gasteiger charge is 2.15. The summed E-state index contributed by atoms with van der Waals surface area (Å²) in [5.74, 6) is 0.305. The number of ether oxygens (including phenoxy) is 1. The van der Waals surface area contributed by atoms with E-state index in [0.29, 0.717) is 26.8 Å². The Morgan fingerprint density at radius 2 is 1.93 bits per heavy atom. The van der Waals surface area contributed by atoms with Crippen molar-refractivity contribution >= 4 is 61.3 Å². The van der Waals surface area contributed by atoms with Crippen molar-refractivity contribution in [2.75, 3.05) is 41.8 Å². The highest BCUT2D eigenvalue weighted by atomic mass is 79.9. The summed E-state index contributed by atoms with van der Waals surface area (Å²) in [6.45, 7) is 3.26. The first-order valence-corrected chi connectivity index (χ1v) is 10.8. The van der Waals surface area contributed by atoms with Crippen molar-refractivity contribution in [3.63, 3.8) is 0 Å².